The van der Waals surface area contributed by atoms with Crippen LogP contribution in [0, 0.1) is 0 Å². The Morgan fingerprint density at radius 3 is 2.51 bits per heavy atom. The van der Waals surface area contributed by atoms with Crippen LogP contribution in [-0.4, -0.2) is 10.9 Å². The van der Waals surface area contributed by atoms with Gasteiger partial charge in [0.15, 0.2) is 0 Å². The minimum Gasteiger partial charge on any atom is -0.457 e. The van der Waals surface area contributed by atoms with Crippen molar-refractivity contribution in [2.75, 3.05) is 10.2 Å². The van der Waals surface area contributed by atoms with Crippen LogP contribution >= 0.6 is 0 Å². The highest BCUT2D eigenvalue weighted by Gasteiger charge is 2.30. The Hall–Kier alpha value is -4.64. The summed E-state index contributed by atoms with van der Waals surface area (Å²) >= 11 is 0. The van der Waals surface area contributed by atoms with Gasteiger partial charge in [0, 0.05) is 29.5 Å². The summed E-state index contributed by atoms with van der Waals surface area (Å²) in [6.07, 6.45) is 1.80. The van der Waals surface area contributed by atoms with E-state index in [4.69, 9.17) is 4.74 Å². The Labute approximate surface area is 203 Å². The molecule has 5 heteroatoms. The highest BCUT2D eigenvalue weighted by Crippen LogP contribution is 2.34. The number of amides is 1. The molecule has 0 saturated carbocycles. The van der Waals surface area contributed by atoms with Crippen molar-refractivity contribution >= 4 is 28.2 Å². The third kappa shape index (κ3) is 4.20. The van der Waals surface area contributed by atoms with E-state index in [1.165, 1.54) is 0 Å². The van der Waals surface area contributed by atoms with Gasteiger partial charge in [-0.25, -0.2) is 0 Å². The number of hydrogen-bond acceptors (Lipinski definition) is 4. The zero-order valence-electron chi connectivity index (χ0n) is 19.0. The first-order valence-corrected chi connectivity index (χ1v) is 11.6. The number of ether oxygens (including phenoxy) is 1. The van der Waals surface area contributed by atoms with Gasteiger partial charge in [0.05, 0.1) is 17.6 Å². The van der Waals surface area contributed by atoms with Crippen molar-refractivity contribution in [3.63, 3.8) is 0 Å². The van der Waals surface area contributed by atoms with E-state index in [1.54, 1.807) is 6.20 Å². The number of carbonyl (C=O) groups excluding carboxylic acids is 1. The SMILES string of the molecule is O=C1c2c(cccc2NCc2ccc3ncccc3c2)CN1c1ccc(Oc2ccccc2)cc1. The minimum absolute atomic E-state index is 0.00235. The number of carbonyl (C=O) groups is 1. The molecule has 0 bridgehead atoms. The van der Waals surface area contributed by atoms with Crippen molar-refractivity contribution in [2.24, 2.45) is 0 Å². The summed E-state index contributed by atoms with van der Waals surface area (Å²) in [5, 5.41) is 4.58. The van der Waals surface area contributed by atoms with Crippen LogP contribution in [0.4, 0.5) is 11.4 Å². The van der Waals surface area contributed by atoms with Gasteiger partial charge in [0.25, 0.3) is 5.91 Å². The van der Waals surface area contributed by atoms with Crippen LogP contribution in [0.15, 0.2) is 109 Å². The maximum absolute atomic E-state index is 13.4. The van der Waals surface area contributed by atoms with Gasteiger partial charge in [-0.2, -0.15) is 0 Å². The molecule has 0 atom stereocenters. The van der Waals surface area contributed by atoms with Crippen molar-refractivity contribution in [2.45, 2.75) is 13.1 Å². The predicted molar refractivity (Wildman–Crippen MR) is 139 cm³/mol. The molecule has 1 N–H and O–H groups in total. The highest BCUT2D eigenvalue weighted by atomic mass is 16.5. The quantitative estimate of drug-likeness (QED) is 0.305. The molecule has 6 rings (SSSR count). The van der Waals surface area contributed by atoms with Gasteiger partial charge < -0.3 is 15.0 Å². The number of rotatable bonds is 6. The van der Waals surface area contributed by atoms with E-state index < -0.39 is 0 Å². The van der Waals surface area contributed by atoms with E-state index in [1.807, 2.05) is 89.8 Å². The maximum atomic E-state index is 13.4. The molecule has 0 spiro atoms. The van der Waals surface area contributed by atoms with Crippen molar-refractivity contribution in [1.29, 1.82) is 0 Å². The van der Waals surface area contributed by atoms with Crippen molar-refractivity contribution in [3.05, 3.63) is 126 Å². The van der Waals surface area contributed by atoms with E-state index in [0.717, 1.165) is 50.5 Å². The molecule has 2 heterocycles. The number of fused-ring (bicyclic) bond motifs is 2. The monoisotopic (exact) mass is 457 g/mol. The molecule has 1 amide bonds. The first kappa shape index (κ1) is 20.9. The van der Waals surface area contributed by atoms with Gasteiger partial charge in [-0.05, 0) is 71.8 Å². The van der Waals surface area contributed by atoms with Gasteiger partial charge in [0.2, 0.25) is 0 Å². The van der Waals surface area contributed by atoms with Crippen molar-refractivity contribution < 1.29 is 9.53 Å². The molecule has 1 aliphatic heterocycles. The molecular weight excluding hydrogens is 434 g/mol. The van der Waals surface area contributed by atoms with E-state index in [9.17, 15) is 4.79 Å². The largest absolute Gasteiger partial charge is 0.457 e. The van der Waals surface area contributed by atoms with Crippen molar-refractivity contribution in [1.82, 2.24) is 4.98 Å². The second-order valence-electron chi connectivity index (χ2n) is 8.52. The zero-order valence-corrected chi connectivity index (χ0v) is 19.0. The van der Waals surface area contributed by atoms with Crippen LogP contribution in [0.5, 0.6) is 11.5 Å². The highest BCUT2D eigenvalue weighted by molar-refractivity contribution is 6.13. The number of nitrogens with zero attached hydrogens (tertiary/aromatic N) is 2. The van der Waals surface area contributed by atoms with Crippen LogP contribution in [0.25, 0.3) is 10.9 Å². The van der Waals surface area contributed by atoms with E-state index in [0.29, 0.717) is 13.1 Å². The van der Waals surface area contributed by atoms with E-state index in [-0.39, 0.29) is 5.91 Å². The Morgan fingerprint density at radius 2 is 1.66 bits per heavy atom. The van der Waals surface area contributed by atoms with Crippen LogP contribution in [0.2, 0.25) is 0 Å². The summed E-state index contributed by atoms with van der Waals surface area (Å²) in [5.41, 5.74) is 5.57. The molecular formula is C30H23N3O2. The molecule has 170 valence electrons. The van der Waals surface area contributed by atoms with Gasteiger partial charge >= 0.3 is 0 Å². The molecule has 35 heavy (non-hydrogen) atoms. The number of nitrogens with one attached hydrogen (secondary N) is 1. The predicted octanol–water partition coefficient (Wildman–Crippen LogP) is 6.80. The van der Waals surface area contributed by atoms with Gasteiger partial charge in [0.1, 0.15) is 11.5 Å². The summed E-state index contributed by atoms with van der Waals surface area (Å²) in [6.45, 7) is 1.17. The van der Waals surface area contributed by atoms with E-state index in [2.05, 4.69) is 28.5 Å². The fourth-order valence-corrected chi connectivity index (χ4v) is 4.47. The average molecular weight is 458 g/mol. The fraction of sp³-hybridized carbons (Fsp3) is 0.0667. The standard InChI is InChI=1S/C30H23N3O2/c34-30-29-23(20-33(30)24-12-14-26(15-13-24)35-25-8-2-1-3-9-25)6-4-10-28(29)32-19-21-11-16-27-22(18-21)7-5-17-31-27/h1-18,32H,19-20H2. The Morgan fingerprint density at radius 1 is 0.829 bits per heavy atom. The summed E-state index contributed by atoms with van der Waals surface area (Å²) in [6, 6.07) is 33.5. The van der Waals surface area contributed by atoms with Gasteiger partial charge in [-0.1, -0.05) is 42.5 Å². The first-order valence-electron chi connectivity index (χ1n) is 11.6. The summed E-state index contributed by atoms with van der Waals surface area (Å²) in [5.74, 6) is 1.52. The number of aromatic nitrogens is 1. The smallest absolute Gasteiger partial charge is 0.261 e. The van der Waals surface area contributed by atoms with Gasteiger partial charge in [-0.15, -0.1) is 0 Å². The molecule has 1 aromatic heterocycles. The second kappa shape index (κ2) is 8.95. The normalized spacial score (nSPS) is 12.6. The lowest BCUT2D eigenvalue weighted by Crippen LogP contribution is -2.23. The molecule has 0 aliphatic carbocycles. The van der Waals surface area contributed by atoms with Crippen LogP contribution < -0.4 is 15.0 Å². The molecule has 0 unspecified atom stereocenters. The molecule has 0 fully saturated rings. The Bertz CT molecular complexity index is 1510. The lowest BCUT2D eigenvalue weighted by molar-refractivity contribution is 0.0997. The average Bonchev–Trinajstić information content (AvgIpc) is 3.25. The maximum Gasteiger partial charge on any atom is 0.261 e. The van der Waals surface area contributed by atoms with Crippen LogP contribution in [-0.2, 0) is 13.1 Å². The number of hydrogen-bond donors (Lipinski definition) is 1. The van der Waals surface area contributed by atoms with Gasteiger partial charge in [-0.3, -0.25) is 9.78 Å². The zero-order chi connectivity index (χ0) is 23.6. The number of benzene rings is 4. The third-order valence-corrected chi connectivity index (χ3v) is 6.22. The lowest BCUT2D eigenvalue weighted by atomic mass is 10.1. The van der Waals surface area contributed by atoms with E-state index >= 15 is 0 Å². The molecule has 5 aromatic rings. The summed E-state index contributed by atoms with van der Waals surface area (Å²) in [7, 11) is 0. The third-order valence-electron chi connectivity index (χ3n) is 6.22. The fourth-order valence-electron chi connectivity index (χ4n) is 4.47. The Kier molecular flexibility index (Phi) is 5.35. The minimum atomic E-state index is 0.00235. The molecule has 0 radical (unpaired) electrons. The molecule has 4 aromatic carbocycles. The number of para-hydroxylation sites is 1. The van der Waals surface area contributed by atoms with Crippen LogP contribution in [0.1, 0.15) is 21.5 Å². The first-order chi connectivity index (χ1) is 17.2. The topological polar surface area (TPSA) is 54.5 Å². The summed E-state index contributed by atoms with van der Waals surface area (Å²) < 4.78 is 5.89. The number of pyridine rings is 1. The Balaban J connectivity index is 1.19. The number of anilines is 2. The molecule has 0 saturated heterocycles. The lowest BCUT2D eigenvalue weighted by Gasteiger charge is -2.17. The molecule has 5 nitrogen and oxygen atoms in total. The molecule has 1 aliphatic rings. The second-order valence-corrected chi connectivity index (χ2v) is 8.52. The van der Waals surface area contributed by atoms with Crippen molar-refractivity contribution in [3.8, 4) is 11.5 Å². The van der Waals surface area contributed by atoms with Crippen LogP contribution in [0.3, 0.4) is 0 Å². The summed E-state index contributed by atoms with van der Waals surface area (Å²) in [4.78, 5) is 19.6.